The Morgan fingerprint density at radius 1 is 0.611 bits per heavy atom. The topological polar surface area (TPSA) is 182 Å². The van der Waals surface area contributed by atoms with Crippen LogP contribution in [0.2, 0.25) is 0 Å². The molecule has 11 nitrogen and oxygen atoms in total. The van der Waals surface area contributed by atoms with Gasteiger partial charge >= 0.3 is 0 Å². The Hall–Kier alpha value is -4.93. The fraction of sp³-hybridized carbons (Fsp3) is 0.512. The SMILES string of the molecule is NC(=O)[C@H]1CCCCCC(=O)C(Cc2ccc(C(=O)c3ccccc3)cc2)NC(=O)[C@H](CC2CCCCC2)CC(=O)[C@H](CC2CC2)NC(=O)/C=C\C(=O)N1. The fourth-order valence-electron chi connectivity index (χ4n) is 7.65. The number of carbonyl (C=O) groups excluding carboxylic acids is 7. The van der Waals surface area contributed by atoms with Gasteiger partial charge in [0.1, 0.15) is 6.04 Å². The van der Waals surface area contributed by atoms with Crippen molar-refractivity contribution in [2.75, 3.05) is 0 Å². The van der Waals surface area contributed by atoms with Gasteiger partial charge in [-0.3, -0.25) is 33.6 Å². The van der Waals surface area contributed by atoms with Crippen LogP contribution in [0, 0.1) is 17.8 Å². The Bertz CT molecular complexity index is 1680. The summed E-state index contributed by atoms with van der Waals surface area (Å²) in [5.74, 6) is -2.99. The molecule has 2 saturated carbocycles. The highest BCUT2D eigenvalue weighted by molar-refractivity contribution is 6.09. The van der Waals surface area contributed by atoms with E-state index < -0.39 is 41.8 Å². The second-order valence-electron chi connectivity index (χ2n) is 15.4. The second-order valence-corrected chi connectivity index (χ2v) is 15.4. The summed E-state index contributed by atoms with van der Waals surface area (Å²) >= 11 is 0. The van der Waals surface area contributed by atoms with Crippen molar-refractivity contribution in [2.24, 2.45) is 23.5 Å². The number of nitrogens with two attached hydrogens (primary N) is 1. The predicted molar refractivity (Wildman–Crippen MR) is 204 cm³/mol. The standard InChI is InChI=1S/C43H54N4O7/c44-42(53)34-14-8-3-9-15-37(48)35(25-30-18-20-32(21-19-30)41(52)31-12-6-2-7-13-31)47-43(54)33(24-28-10-4-1-5-11-28)27-38(49)36(26-29-16-17-29)46-40(51)23-22-39(50)45-34/h2,6-7,12-13,18-23,28-29,33-36H,1,3-5,8-11,14-17,24-27H2,(H2,44,53)(H,45,50)(H,46,51)(H,47,54)/b23-22-/t33-,34-,35?,36+/m1/s1. The molecule has 2 fully saturated rings. The first-order chi connectivity index (χ1) is 26.0. The van der Waals surface area contributed by atoms with E-state index in [0.717, 1.165) is 62.7 Å². The van der Waals surface area contributed by atoms with E-state index in [1.807, 2.05) is 18.2 Å². The van der Waals surface area contributed by atoms with Gasteiger partial charge in [0.05, 0.1) is 12.1 Å². The number of primary amides is 1. The summed E-state index contributed by atoms with van der Waals surface area (Å²) in [6.07, 6.45) is 12.3. The van der Waals surface area contributed by atoms with Crippen molar-refractivity contribution < 1.29 is 33.6 Å². The number of ketones is 3. The highest BCUT2D eigenvalue weighted by Crippen LogP contribution is 2.35. The van der Waals surface area contributed by atoms with Gasteiger partial charge in [-0.05, 0) is 49.5 Å². The van der Waals surface area contributed by atoms with Gasteiger partial charge in [0.15, 0.2) is 17.3 Å². The highest BCUT2D eigenvalue weighted by atomic mass is 16.2. The normalized spacial score (nSPS) is 25.1. The van der Waals surface area contributed by atoms with E-state index >= 15 is 0 Å². The molecule has 288 valence electrons. The van der Waals surface area contributed by atoms with Gasteiger partial charge in [-0.15, -0.1) is 0 Å². The zero-order chi connectivity index (χ0) is 38.5. The summed E-state index contributed by atoms with van der Waals surface area (Å²) in [5, 5.41) is 8.37. The minimum atomic E-state index is -0.958. The summed E-state index contributed by atoms with van der Waals surface area (Å²) in [4.78, 5) is 92.8. The molecule has 2 aromatic carbocycles. The molecular formula is C43H54N4O7. The van der Waals surface area contributed by atoms with Crippen LogP contribution in [-0.4, -0.2) is 59.1 Å². The molecule has 2 aromatic rings. The number of carbonyl (C=O) groups is 7. The largest absolute Gasteiger partial charge is 0.368 e. The van der Waals surface area contributed by atoms with Crippen molar-refractivity contribution in [3.05, 3.63) is 83.4 Å². The molecule has 54 heavy (non-hydrogen) atoms. The number of Topliss-reactive ketones (excluding diaryl/α,β-unsaturated/α-hetero) is 2. The van der Waals surface area contributed by atoms with Gasteiger partial charge in [-0.2, -0.15) is 0 Å². The molecule has 0 bridgehead atoms. The van der Waals surface area contributed by atoms with Crippen LogP contribution < -0.4 is 21.7 Å². The first-order valence-electron chi connectivity index (χ1n) is 19.7. The molecule has 0 saturated heterocycles. The molecule has 2 aliphatic carbocycles. The van der Waals surface area contributed by atoms with Crippen molar-refractivity contribution in [2.45, 2.75) is 121 Å². The summed E-state index contributed by atoms with van der Waals surface area (Å²) in [6, 6.07) is 13.4. The van der Waals surface area contributed by atoms with Crippen LogP contribution in [0.15, 0.2) is 66.7 Å². The molecule has 4 amide bonds. The number of hydrogen-bond donors (Lipinski definition) is 4. The van der Waals surface area contributed by atoms with E-state index in [4.69, 9.17) is 5.73 Å². The second kappa shape index (κ2) is 19.9. The van der Waals surface area contributed by atoms with Crippen LogP contribution in [-0.2, 0) is 35.2 Å². The fourth-order valence-corrected chi connectivity index (χ4v) is 7.65. The van der Waals surface area contributed by atoms with Crippen LogP contribution in [0.1, 0.15) is 118 Å². The molecule has 1 heterocycles. The summed E-state index contributed by atoms with van der Waals surface area (Å²) < 4.78 is 0. The Kier molecular flexibility index (Phi) is 14.9. The molecule has 5 rings (SSSR count). The first-order valence-corrected chi connectivity index (χ1v) is 19.7. The lowest BCUT2D eigenvalue weighted by Gasteiger charge is -2.28. The lowest BCUT2D eigenvalue weighted by molar-refractivity contribution is -0.134. The average Bonchev–Trinajstić information content (AvgIpc) is 4.00. The number of amides is 4. The molecule has 4 atom stereocenters. The van der Waals surface area contributed by atoms with E-state index in [9.17, 15) is 33.6 Å². The maximum Gasteiger partial charge on any atom is 0.244 e. The van der Waals surface area contributed by atoms with Crippen molar-refractivity contribution in [1.82, 2.24) is 16.0 Å². The highest BCUT2D eigenvalue weighted by Gasteiger charge is 2.35. The Labute approximate surface area is 317 Å². The molecule has 3 aliphatic rings. The molecule has 5 N–H and O–H groups in total. The average molecular weight is 739 g/mol. The lowest BCUT2D eigenvalue weighted by atomic mass is 9.80. The van der Waals surface area contributed by atoms with E-state index in [-0.39, 0.29) is 60.8 Å². The molecule has 0 aromatic heterocycles. The number of rotatable bonds is 9. The van der Waals surface area contributed by atoms with Gasteiger partial charge in [0, 0.05) is 42.0 Å². The van der Waals surface area contributed by atoms with Gasteiger partial charge in [0.2, 0.25) is 23.6 Å². The van der Waals surface area contributed by atoms with Gasteiger partial charge in [-0.1, -0.05) is 112 Å². The van der Waals surface area contributed by atoms with Crippen molar-refractivity contribution in [3.63, 3.8) is 0 Å². The third-order valence-electron chi connectivity index (χ3n) is 11.0. The van der Waals surface area contributed by atoms with E-state index in [2.05, 4.69) is 16.0 Å². The van der Waals surface area contributed by atoms with Crippen molar-refractivity contribution >= 4 is 41.0 Å². The van der Waals surface area contributed by atoms with Crippen molar-refractivity contribution in [1.29, 1.82) is 0 Å². The maximum absolute atomic E-state index is 14.3. The monoisotopic (exact) mass is 738 g/mol. The van der Waals surface area contributed by atoms with Gasteiger partial charge in [-0.25, -0.2) is 0 Å². The number of hydrogen-bond acceptors (Lipinski definition) is 7. The zero-order valence-corrected chi connectivity index (χ0v) is 31.1. The maximum atomic E-state index is 14.3. The summed E-state index contributed by atoms with van der Waals surface area (Å²) in [5.41, 5.74) is 7.39. The van der Waals surface area contributed by atoms with Gasteiger partial charge in [0.25, 0.3) is 0 Å². The number of benzene rings is 2. The quantitative estimate of drug-likeness (QED) is 0.266. The van der Waals surface area contributed by atoms with Crippen molar-refractivity contribution in [3.8, 4) is 0 Å². The molecule has 1 unspecified atom stereocenters. The van der Waals surface area contributed by atoms with Gasteiger partial charge < -0.3 is 21.7 Å². The molecular weight excluding hydrogens is 684 g/mol. The lowest BCUT2D eigenvalue weighted by Crippen LogP contribution is -2.47. The minimum Gasteiger partial charge on any atom is -0.368 e. The minimum absolute atomic E-state index is 0.0816. The van der Waals surface area contributed by atoms with Crippen LogP contribution in [0.25, 0.3) is 0 Å². The van der Waals surface area contributed by atoms with Crippen LogP contribution in [0.5, 0.6) is 0 Å². The third kappa shape index (κ3) is 12.6. The van der Waals surface area contributed by atoms with Crippen LogP contribution in [0.3, 0.4) is 0 Å². The number of nitrogens with one attached hydrogen (secondary N) is 3. The molecule has 0 radical (unpaired) electrons. The molecule has 0 spiro atoms. The van der Waals surface area contributed by atoms with E-state index in [1.54, 1.807) is 36.4 Å². The molecule has 11 heteroatoms. The zero-order valence-electron chi connectivity index (χ0n) is 31.1. The summed E-state index contributed by atoms with van der Waals surface area (Å²) in [7, 11) is 0. The first kappa shape index (κ1) is 40.3. The van der Waals surface area contributed by atoms with Crippen LogP contribution >= 0.6 is 0 Å². The van der Waals surface area contributed by atoms with Crippen LogP contribution in [0.4, 0.5) is 0 Å². The summed E-state index contributed by atoms with van der Waals surface area (Å²) in [6.45, 7) is 0. The molecule has 1 aliphatic heterocycles. The predicted octanol–water partition coefficient (Wildman–Crippen LogP) is 4.84. The van der Waals surface area contributed by atoms with E-state index in [1.165, 1.54) is 0 Å². The van der Waals surface area contributed by atoms with E-state index in [0.29, 0.717) is 43.2 Å². The third-order valence-corrected chi connectivity index (χ3v) is 11.0. The Balaban J connectivity index is 1.39. The Morgan fingerprint density at radius 3 is 1.89 bits per heavy atom. The smallest absolute Gasteiger partial charge is 0.244 e. The Morgan fingerprint density at radius 2 is 1.22 bits per heavy atom.